The quantitative estimate of drug-likeness (QED) is 0.312. The zero-order valence-corrected chi connectivity index (χ0v) is 19.2. The molecule has 3 heterocycles. The fraction of sp³-hybridized carbons (Fsp3) is 0.320. The van der Waals surface area contributed by atoms with Crippen LogP contribution in [0.2, 0.25) is 0 Å². The number of fused-ring (bicyclic) bond motifs is 1. The highest BCUT2D eigenvalue weighted by molar-refractivity contribution is 7.99. The second-order valence-electron chi connectivity index (χ2n) is 8.12. The zero-order valence-electron chi connectivity index (χ0n) is 18.4. The molecule has 0 radical (unpaired) electrons. The van der Waals surface area contributed by atoms with Gasteiger partial charge in [0.1, 0.15) is 5.82 Å². The van der Waals surface area contributed by atoms with E-state index in [9.17, 15) is 0 Å². The maximum absolute atomic E-state index is 4.69. The Kier molecular flexibility index (Phi) is 6.36. The molecule has 32 heavy (non-hydrogen) atoms. The van der Waals surface area contributed by atoms with Gasteiger partial charge in [-0.2, -0.15) is 0 Å². The van der Waals surface area contributed by atoms with Crippen molar-refractivity contribution < 1.29 is 0 Å². The molecule has 1 fully saturated rings. The first-order valence-corrected chi connectivity index (χ1v) is 12.2. The van der Waals surface area contributed by atoms with Crippen molar-refractivity contribution in [3.05, 3.63) is 66.9 Å². The number of piperazine rings is 1. The van der Waals surface area contributed by atoms with Crippen LogP contribution in [0.25, 0.3) is 22.2 Å². The van der Waals surface area contributed by atoms with Gasteiger partial charge in [-0.25, -0.2) is 4.98 Å². The lowest BCUT2D eigenvalue weighted by molar-refractivity contribution is 0.259. The lowest BCUT2D eigenvalue weighted by atomic mass is 10.1. The number of aromatic nitrogens is 4. The Morgan fingerprint density at radius 2 is 1.66 bits per heavy atom. The number of rotatable bonds is 7. The Labute approximate surface area is 193 Å². The first-order chi connectivity index (χ1) is 15.8. The van der Waals surface area contributed by atoms with Gasteiger partial charge in [0.2, 0.25) is 0 Å². The molecule has 0 spiro atoms. The minimum absolute atomic E-state index is 0.922. The second-order valence-corrected chi connectivity index (χ2v) is 9.18. The SMILES string of the molecule is Cn1c(SCCCN2CCN(c3nccc4ccccc34)CC2)nnc1-c1ccccc1. The van der Waals surface area contributed by atoms with E-state index in [1.165, 1.54) is 10.8 Å². The average molecular weight is 445 g/mol. The van der Waals surface area contributed by atoms with Gasteiger partial charge >= 0.3 is 0 Å². The van der Waals surface area contributed by atoms with Gasteiger partial charge in [0.05, 0.1) is 0 Å². The van der Waals surface area contributed by atoms with E-state index >= 15 is 0 Å². The van der Waals surface area contributed by atoms with Crippen molar-refractivity contribution in [1.82, 2.24) is 24.6 Å². The number of anilines is 1. The Hall–Kier alpha value is -2.90. The number of hydrogen-bond acceptors (Lipinski definition) is 6. The third-order valence-corrected chi connectivity index (χ3v) is 7.15. The van der Waals surface area contributed by atoms with Crippen molar-refractivity contribution >= 4 is 28.4 Å². The van der Waals surface area contributed by atoms with E-state index in [1.54, 1.807) is 11.8 Å². The molecular weight excluding hydrogens is 416 g/mol. The molecule has 1 aliphatic rings. The Balaban J connectivity index is 1.10. The molecule has 2 aromatic carbocycles. The topological polar surface area (TPSA) is 50.1 Å². The molecular formula is C25H28N6S. The van der Waals surface area contributed by atoms with Crippen LogP contribution in [0.1, 0.15) is 6.42 Å². The molecule has 0 bridgehead atoms. The number of pyridine rings is 1. The van der Waals surface area contributed by atoms with E-state index in [0.717, 1.165) is 67.3 Å². The van der Waals surface area contributed by atoms with Crippen molar-refractivity contribution in [3.8, 4) is 11.4 Å². The van der Waals surface area contributed by atoms with E-state index in [1.807, 2.05) is 31.4 Å². The summed E-state index contributed by atoms with van der Waals surface area (Å²) in [6.07, 6.45) is 3.07. The van der Waals surface area contributed by atoms with E-state index in [4.69, 9.17) is 0 Å². The Morgan fingerprint density at radius 3 is 2.50 bits per heavy atom. The number of nitrogens with zero attached hydrogens (tertiary/aromatic N) is 6. The standard InChI is InChI=1S/C25H28N6S/c1-29-23(21-9-3-2-4-10-21)27-28-25(29)32-19-7-14-30-15-17-31(18-16-30)24-22-11-6-5-8-20(22)12-13-26-24/h2-6,8-13H,7,14-19H2,1H3. The molecule has 1 aliphatic heterocycles. The molecule has 2 aromatic heterocycles. The highest BCUT2D eigenvalue weighted by Crippen LogP contribution is 2.25. The van der Waals surface area contributed by atoms with Crippen LogP contribution in [0.4, 0.5) is 5.82 Å². The Bertz CT molecular complexity index is 1160. The van der Waals surface area contributed by atoms with Crippen molar-refractivity contribution in [3.63, 3.8) is 0 Å². The Morgan fingerprint density at radius 1 is 0.875 bits per heavy atom. The first-order valence-electron chi connectivity index (χ1n) is 11.2. The molecule has 7 heteroatoms. The number of hydrogen-bond donors (Lipinski definition) is 0. The van der Waals surface area contributed by atoms with Gasteiger partial charge in [-0.05, 0) is 24.4 Å². The molecule has 1 saturated heterocycles. The summed E-state index contributed by atoms with van der Waals surface area (Å²) in [4.78, 5) is 9.68. The lowest BCUT2D eigenvalue weighted by Gasteiger charge is -2.35. The third-order valence-electron chi connectivity index (χ3n) is 6.04. The van der Waals surface area contributed by atoms with E-state index in [0.29, 0.717) is 0 Å². The van der Waals surface area contributed by atoms with Crippen molar-refractivity contribution in [2.75, 3.05) is 43.4 Å². The summed E-state index contributed by atoms with van der Waals surface area (Å²) < 4.78 is 2.09. The van der Waals surface area contributed by atoms with E-state index in [-0.39, 0.29) is 0 Å². The molecule has 5 rings (SSSR count). The highest BCUT2D eigenvalue weighted by Gasteiger charge is 2.19. The summed E-state index contributed by atoms with van der Waals surface area (Å²) >= 11 is 1.79. The fourth-order valence-electron chi connectivity index (χ4n) is 4.27. The van der Waals surface area contributed by atoms with Gasteiger partial charge in [0.25, 0.3) is 0 Å². The summed E-state index contributed by atoms with van der Waals surface area (Å²) in [7, 11) is 2.05. The van der Waals surface area contributed by atoms with Gasteiger partial charge in [0, 0.05) is 56.1 Å². The van der Waals surface area contributed by atoms with Crippen LogP contribution in [0, 0.1) is 0 Å². The van der Waals surface area contributed by atoms with Crippen LogP contribution < -0.4 is 4.90 Å². The first kappa shape index (κ1) is 21.0. The maximum Gasteiger partial charge on any atom is 0.191 e. The summed E-state index contributed by atoms with van der Waals surface area (Å²) in [5.74, 6) is 3.09. The molecule has 0 saturated carbocycles. The summed E-state index contributed by atoms with van der Waals surface area (Å²) in [5, 5.41) is 12.3. The van der Waals surface area contributed by atoms with Crippen molar-refractivity contribution in [2.24, 2.45) is 7.05 Å². The normalized spacial score (nSPS) is 14.8. The summed E-state index contributed by atoms with van der Waals surface area (Å²) in [6, 6.07) is 20.9. The van der Waals surface area contributed by atoms with Crippen LogP contribution in [0.5, 0.6) is 0 Å². The van der Waals surface area contributed by atoms with Gasteiger partial charge in [0.15, 0.2) is 11.0 Å². The van der Waals surface area contributed by atoms with Crippen molar-refractivity contribution in [1.29, 1.82) is 0 Å². The molecule has 0 aliphatic carbocycles. The molecule has 6 nitrogen and oxygen atoms in total. The van der Waals surface area contributed by atoms with Gasteiger partial charge < -0.3 is 9.47 Å². The van der Waals surface area contributed by atoms with E-state index < -0.39 is 0 Å². The van der Waals surface area contributed by atoms with Gasteiger partial charge in [-0.3, -0.25) is 4.90 Å². The van der Waals surface area contributed by atoms with Gasteiger partial charge in [-0.1, -0.05) is 66.4 Å². The number of benzene rings is 2. The van der Waals surface area contributed by atoms with Crippen LogP contribution in [-0.4, -0.2) is 63.1 Å². The van der Waals surface area contributed by atoms with E-state index in [2.05, 4.69) is 72.0 Å². The predicted octanol–water partition coefficient (Wildman–Crippen LogP) is 4.33. The largest absolute Gasteiger partial charge is 0.354 e. The fourth-order valence-corrected chi connectivity index (χ4v) is 5.10. The van der Waals surface area contributed by atoms with Crippen LogP contribution in [0.15, 0.2) is 72.0 Å². The van der Waals surface area contributed by atoms with Crippen LogP contribution in [-0.2, 0) is 7.05 Å². The molecule has 4 aromatic rings. The van der Waals surface area contributed by atoms with Crippen LogP contribution >= 0.6 is 11.8 Å². The number of thioether (sulfide) groups is 1. The maximum atomic E-state index is 4.69. The average Bonchev–Trinajstić information content (AvgIpc) is 3.22. The molecule has 0 atom stereocenters. The molecule has 0 unspecified atom stereocenters. The van der Waals surface area contributed by atoms with Crippen molar-refractivity contribution in [2.45, 2.75) is 11.6 Å². The predicted molar refractivity (Wildman–Crippen MR) is 132 cm³/mol. The zero-order chi connectivity index (χ0) is 21.8. The minimum atomic E-state index is 0.922. The smallest absolute Gasteiger partial charge is 0.191 e. The minimum Gasteiger partial charge on any atom is -0.354 e. The molecule has 164 valence electrons. The second kappa shape index (κ2) is 9.71. The molecule has 0 amide bonds. The monoisotopic (exact) mass is 444 g/mol. The highest BCUT2D eigenvalue weighted by atomic mass is 32.2. The lowest BCUT2D eigenvalue weighted by Crippen LogP contribution is -2.47. The van der Waals surface area contributed by atoms with Crippen LogP contribution in [0.3, 0.4) is 0 Å². The van der Waals surface area contributed by atoms with Gasteiger partial charge in [-0.15, -0.1) is 10.2 Å². The summed E-state index contributed by atoms with van der Waals surface area (Å²) in [6.45, 7) is 5.33. The summed E-state index contributed by atoms with van der Waals surface area (Å²) in [5.41, 5.74) is 1.10. The molecule has 0 N–H and O–H groups in total. The third kappa shape index (κ3) is 4.49.